The van der Waals surface area contributed by atoms with Gasteiger partial charge in [-0.05, 0) is 23.8 Å². The lowest BCUT2D eigenvalue weighted by Crippen LogP contribution is -2.39. The monoisotopic (exact) mass is 485 g/mol. The van der Waals surface area contributed by atoms with E-state index in [1.165, 1.54) is 50.6 Å². The van der Waals surface area contributed by atoms with Crippen molar-refractivity contribution in [2.75, 3.05) is 20.8 Å². The quantitative estimate of drug-likeness (QED) is 0.351. The third-order valence-electron chi connectivity index (χ3n) is 4.81. The van der Waals surface area contributed by atoms with Crippen LogP contribution in [0.4, 0.5) is 4.39 Å². The number of methoxy groups -OCH3 is 2. The van der Waals surface area contributed by atoms with Crippen molar-refractivity contribution < 1.29 is 27.1 Å². The summed E-state index contributed by atoms with van der Waals surface area (Å²) in [6.07, 6.45) is 1.15. The molecule has 10 heteroatoms. The van der Waals surface area contributed by atoms with Gasteiger partial charge in [0.25, 0.3) is 5.91 Å². The number of hydrogen-bond acceptors (Lipinski definition) is 6. The molecule has 0 spiro atoms. The van der Waals surface area contributed by atoms with Crippen molar-refractivity contribution >= 4 is 22.1 Å². The Hall–Kier alpha value is -3.76. The van der Waals surface area contributed by atoms with E-state index >= 15 is 0 Å². The second-order valence-electron chi connectivity index (χ2n) is 7.09. The summed E-state index contributed by atoms with van der Waals surface area (Å²) >= 11 is 0. The van der Waals surface area contributed by atoms with Gasteiger partial charge in [-0.15, -0.1) is 0 Å². The highest BCUT2D eigenvalue weighted by Gasteiger charge is 2.28. The topological polar surface area (TPSA) is 97.3 Å². The molecule has 0 bridgehead atoms. The summed E-state index contributed by atoms with van der Waals surface area (Å²) in [7, 11) is -1.27. The lowest BCUT2D eigenvalue weighted by molar-refractivity contribution is -0.121. The van der Waals surface area contributed by atoms with Gasteiger partial charge in [0.15, 0.2) is 11.5 Å². The number of nitrogens with one attached hydrogen (secondary N) is 1. The Morgan fingerprint density at radius 2 is 1.68 bits per heavy atom. The van der Waals surface area contributed by atoms with E-state index in [0.29, 0.717) is 11.3 Å². The van der Waals surface area contributed by atoms with E-state index in [2.05, 4.69) is 10.5 Å². The number of benzene rings is 3. The minimum Gasteiger partial charge on any atom is -0.493 e. The molecule has 0 radical (unpaired) electrons. The van der Waals surface area contributed by atoms with Gasteiger partial charge in [-0.1, -0.05) is 48.5 Å². The summed E-state index contributed by atoms with van der Waals surface area (Å²) in [6.45, 7) is -0.567. The Morgan fingerprint density at radius 1 is 1.00 bits per heavy atom. The smallest absolute Gasteiger partial charge is 0.255 e. The Labute approximate surface area is 197 Å². The van der Waals surface area contributed by atoms with E-state index in [1.54, 1.807) is 36.4 Å². The van der Waals surface area contributed by atoms with Gasteiger partial charge in [0, 0.05) is 18.2 Å². The minimum atomic E-state index is -4.11. The maximum Gasteiger partial charge on any atom is 0.255 e. The predicted octanol–water partition coefficient (Wildman–Crippen LogP) is 3.18. The zero-order valence-corrected chi connectivity index (χ0v) is 19.5. The molecular formula is C24H24FN3O5S. The molecule has 0 aliphatic heterocycles. The summed E-state index contributed by atoms with van der Waals surface area (Å²) < 4.78 is 52.0. The van der Waals surface area contributed by atoms with Gasteiger partial charge in [-0.2, -0.15) is 9.41 Å². The molecule has 3 aromatic carbocycles. The standard InChI is InChI=1S/C24H24FN3O5S/c1-32-22-13-12-20(14-23(22)33-2)34(30,31)28(16-18-8-4-3-5-9-18)17-24(29)27-26-15-19-10-6-7-11-21(19)25/h3-15H,16-17H2,1-2H3,(H,27,29)/b26-15+. The maximum atomic E-state index is 13.7. The Balaban J connectivity index is 1.84. The number of carbonyl (C=O) groups is 1. The molecule has 0 aliphatic carbocycles. The number of nitrogens with zero attached hydrogens (tertiary/aromatic N) is 2. The van der Waals surface area contributed by atoms with Gasteiger partial charge < -0.3 is 9.47 Å². The fraction of sp³-hybridized carbons (Fsp3) is 0.167. The first-order valence-electron chi connectivity index (χ1n) is 10.2. The zero-order valence-electron chi connectivity index (χ0n) is 18.6. The second kappa shape index (κ2) is 11.4. The van der Waals surface area contributed by atoms with Crippen molar-refractivity contribution in [2.24, 2.45) is 5.10 Å². The number of sulfonamides is 1. The summed E-state index contributed by atoms with van der Waals surface area (Å²) in [6, 6.07) is 19.0. The Kier molecular flexibility index (Phi) is 8.34. The summed E-state index contributed by atoms with van der Waals surface area (Å²) in [4.78, 5) is 12.5. The molecule has 178 valence electrons. The average molecular weight is 486 g/mol. The van der Waals surface area contributed by atoms with Crippen LogP contribution in [0.3, 0.4) is 0 Å². The third-order valence-corrected chi connectivity index (χ3v) is 6.60. The highest BCUT2D eigenvalue weighted by Crippen LogP contribution is 2.31. The molecule has 3 rings (SSSR count). The van der Waals surface area contributed by atoms with Crippen molar-refractivity contribution in [3.8, 4) is 11.5 Å². The average Bonchev–Trinajstić information content (AvgIpc) is 2.85. The fourth-order valence-corrected chi connectivity index (χ4v) is 4.49. The molecule has 1 N–H and O–H groups in total. The molecule has 0 atom stereocenters. The lowest BCUT2D eigenvalue weighted by Gasteiger charge is -2.22. The molecular weight excluding hydrogens is 461 g/mol. The van der Waals surface area contributed by atoms with Crippen LogP contribution in [0.1, 0.15) is 11.1 Å². The summed E-state index contributed by atoms with van der Waals surface area (Å²) in [5.41, 5.74) is 3.12. The van der Waals surface area contributed by atoms with E-state index in [1.807, 2.05) is 0 Å². The third kappa shape index (κ3) is 6.18. The Morgan fingerprint density at radius 3 is 2.35 bits per heavy atom. The minimum absolute atomic E-state index is 0.0536. The highest BCUT2D eigenvalue weighted by atomic mass is 32.2. The van der Waals surface area contributed by atoms with E-state index in [0.717, 1.165) is 10.5 Å². The van der Waals surface area contributed by atoms with Crippen molar-refractivity contribution in [2.45, 2.75) is 11.4 Å². The van der Waals surface area contributed by atoms with Gasteiger partial charge in [0.1, 0.15) is 5.82 Å². The van der Waals surface area contributed by atoms with E-state index in [-0.39, 0.29) is 22.8 Å². The summed E-state index contributed by atoms with van der Waals surface area (Å²) in [5.74, 6) is -0.576. The maximum absolute atomic E-state index is 13.7. The molecule has 0 heterocycles. The first-order chi connectivity index (χ1) is 16.3. The predicted molar refractivity (Wildman–Crippen MR) is 126 cm³/mol. The van der Waals surface area contributed by atoms with E-state index in [9.17, 15) is 17.6 Å². The van der Waals surface area contributed by atoms with Crippen LogP contribution in [0.15, 0.2) is 82.8 Å². The normalized spacial score (nSPS) is 11.5. The van der Waals surface area contributed by atoms with Gasteiger partial charge >= 0.3 is 0 Å². The van der Waals surface area contributed by atoms with Crippen molar-refractivity contribution in [3.63, 3.8) is 0 Å². The fourth-order valence-electron chi connectivity index (χ4n) is 3.09. The number of halogens is 1. The number of carbonyl (C=O) groups excluding carboxylic acids is 1. The van der Waals surface area contributed by atoms with Crippen LogP contribution in [0.25, 0.3) is 0 Å². The van der Waals surface area contributed by atoms with Crippen LogP contribution in [-0.2, 0) is 21.4 Å². The highest BCUT2D eigenvalue weighted by molar-refractivity contribution is 7.89. The lowest BCUT2D eigenvalue weighted by atomic mass is 10.2. The van der Waals surface area contributed by atoms with Crippen molar-refractivity contribution in [1.82, 2.24) is 9.73 Å². The van der Waals surface area contributed by atoms with Crippen LogP contribution in [0.2, 0.25) is 0 Å². The molecule has 3 aromatic rings. The molecule has 34 heavy (non-hydrogen) atoms. The van der Waals surface area contributed by atoms with Crippen LogP contribution in [0.5, 0.6) is 11.5 Å². The first-order valence-corrected chi connectivity index (χ1v) is 11.6. The van der Waals surface area contributed by atoms with Crippen LogP contribution in [-0.4, -0.2) is 45.6 Å². The molecule has 1 amide bonds. The number of hydrogen-bond donors (Lipinski definition) is 1. The van der Waals surface area contributed by atoms with Gasteiger partial charge in [-0.25, -0.2) is 18.2 Å². The number of ether oxygens (including phenoxy) is 2. The van der Waals surface area contributed by atoms with E-state index in [4.69, 9.17) is 9.47 Å². The molecule has 0 saturated carbocycles. The van der Waals surface area contributed by atoms with Gasteiger partial charge in [0.05, 0.1) is 31.9 Å². The number of hydrazone groups is 1. The molecule has 8 nitrogen and oxygen atoms in total. The van der Waals surface area contributed by atoms with Crippen LogP contribution in [0, 0.1) is 5.82 Å². The van der Waals surface area contributed by atoms with Gasteiger partial charge in [0.2, 0.25) is 10.0 Å². The first kappa shape index (κ1) is 24.9. The second-order valence-corrected chi connectivity index (χ2v) is 9.03. The molecule has 0 fully saturated rings. The molecule has 0 aromatic heterocycles. The molecule has 0 saturated heterocycles. The zero-order chi connectivity index (χ0) is 24.6. The Bertz CT molecular complexity index is 1270. The number of amides is 1. The van der Waals surface area contributed by atoms with Crippen molar-refractivity contribution in [1.29, 1.82) is 0 Å². The van der Waals surface area contributed by atoms with Crippen LogP contribution >= 0.6 is 0 Å². The number of rotatable bonds is 10. The largest absolute Gasteiger partial charge is 0.493 e. The van der Waals surface area contributed by atoms with Crippen molar-refractivity contribution in [3.05, 3.63) is 89.7 Å². The molecule has 0 unspecified atom stereocenters. The van der Waals surface area contributed by atoms with Gasteiger partial charge in [-0.3, -0.25) is 4.79 Å². The summed E-state index contributed by atoms with van der Waals surface area (Å²) in [5, 5.41) is 3.74. The molecule has 0 aliphatic rings. The van der Waals surface area contributed by atoms with Crippen LogP contribution < -0.4 is 14.9 Å². The van der Waals surface area contributed by atoms with E-state index < -0.39 is 28.3 Å². The SMILES string of the molecule is COc1ccc(S(=O)(=O)N(CC(=O)N/N=C/c2ccccc2F)Cc2ccccc2)cc1OC.